The molecule has 0 saturated carbocycles. The quantitative estimate of drug-likeness (QED) is 0.790. The van der Waals surface area contributed by atoms with E-state index in [2.05, 4.69) is 10.6 Å². The summed E-state index contributed by atoms with van der Waals surface area (Å²) in [6, 6.07) is 5.95. The van der Waals surface area contributed by atoms with E-state index < -0.39 is 5.82 Å². The van der Waals surface area contributed by atoms with Crippen LogP contribution >= 0.6 is 0 Å². The first-order chi connectivity index (χ1) is 9.52. The summed E-state index contributed by atoms with van der Waals surface area (Å²) in [6.45, 7) is 2.73. The zero-order chi connectivity index (χ0) is 15.0. The van der Waals surface area contributed by atoms with Gasteiger partial charge in [-0.05, 0) is 25.6 Å². The van der Waals surface area contributed by atoms with Crippen molar-refractivity contribution in [3.63, 3.8) is 0 Å². The smallest absolute Gasteiger partial charge is 0.238 e. The Labute approximate surface area is 118 Å². The Morgan fingerprint density at radius 2 is 1.85 bits per heavy atom. The first kappa shape index (κ1) is 16.1. The Bertz CT molecular complexity index is 465. The fourth-order valence-electron chi connectivity index (χ4n) is 1.62. The minimum Gasteiger partial charge on any atom is -0.355 e. The van der Waals surface area contributed by atoms with Gasteiger partial charge in [-0.15, -0.1) is 0 Å². The molecule has 2 amide bonds. The Balaban J connectivity index is 2.38. The topological polar surface area (TPSA) is 61.4 Å². The van der Waals surface area contributed by atoms with Crippen molar-refractivity contribution in [2.75, 3.05) is 32.0 Å². The van der Waals surface area contributed by atoms with Gasteiger partial charge in [0.15, 0.2) is 0 Å². The van der Waals surface area contributed by atoms with E-state index >= 15 is 0 Å². The van der Waals surface area contributed by atoms with Crippen LogP contribution in [0.2, 0.25) is 0 Å². The van der Waals surface area contributed by atoms with Crippen molar-refractivity contribution in [2.24, 2.45) is 0 Å². The highest BCUT2D eigenvalue weighted by Crippen LogP contribution is 2.11. The van der Waals surface area contributed by atoms with E-state index in [4.69, 9.17) is 0 Å². The van der Waals surface area contributed by atoms with E-state index in [1.54, 1.807) is 24.1 Å². The van der Waals surface area contributed by atoms with Crippen LogP contribution in [0.1, 0.15) is 13.3 Å². The van der Waals surface area contributed by atoms with Gasteiger partial charge in [0.1, 0.15) is 5.82 Å². The molecule has 0 spiro atoms. The number of anilines is 1. The number of likely N-dealkylation sites (N-methyl/N-ethyl adjacent to an activating group) is 1. The number of nitrogens with zero attached hydrogens (tertiary/aromatic N) is 1. The van der Waals surface area contributed by atoms with Gasteiger partial charge in [0, 0.05) is 6.54 Å². The number of nitrogens with one attached hydrogen (secondary N) is 2. The van der Waals surface area contributed by atoms with Crippen LogP contribution in [-0.4, -0.2) is 43.4 Å². The fourth-order valence-corrected chi connectivity index (χ4v) is 1.62. The Morgan fingerprint density at radius 3 is 2.50 bits per heavy atom. The fraction of sp³-hybridized carbons (Fsp3) is 0.429. The number of benzene rings is 1. The third-order valence-electron chi connectivity index (χ3n) is 2.55. The zero-order valence-electron chi connectivity index (χ0n) is 11.8. The molecule has 1 aromatic rings. The summed E-state index contributed by atoms with van der Waals surface area (Å²) in [5.41, 5.74) is 0.140. The van der Waals surface area contributed by atoms with Crippen LogP contribution in [0.5, 0.6) is 0 Å². The van der Waals surface area contributed by atoms with Crippen molar-refractivity contribution in [1.82, 2.24) is 10.2 Å². The summed E-state index contributed by atoms with van der Waals surface area (Å²) in [5, 5.41) is 5.19. The van der Waals surface area contributed by atoms with Crippen molar-refractivity contribution >= 4 is 17.5 Å². The molecule has 0 aliphatic heterocycles. The number of amides is 2. The largest absolute Gasteiger partial charge is 0.355 e. The van der Waals surface area contributed by atoms with Gasteiger partial charge in [0.2, 0.25) is 11.8 Å². The molecular weight excluding hydrogens is 261 g/mol. The van der Waals surface area contributed by atoms with E-state index in [1.807, 2.05) is 6.92 Å². The van der Waals surface area contributed by atoms with E-state index in [1.165, 1.54) is 12.1 Å². The van der Waals surface area contributed by atoms with Gasteiger partial charge < -0.3 is 10.6 Å². The van der Waals surface area contributed by atoms with E-state index in [-0.39, 0.29) is 30.6 Å². The molecule has 1 aromatic carbocycles. The minimum absolute atomic E-state index is 0.0217. The van der Waals surface area contributed by atoms with Gasteiger partial charge >= 0.3 is 0 Å². The molecule has 0 radical (unpaired) electrons. The Kier molecular flexibility index (Phi) is 6.66. The molecule has 0 aliphatic rings. The maximum absolute atomic E-state index is 13.3. The molecule has 0 aliphatic carbocycles. The second-order valence-electron chi connectivity index (χ2n) is 4.55. The standard InChI is InChI=1S/C14H20FN3O2/c1-3-8-16-13(19)9-18(2)10-14(20)17-12-7-5-4-6-11(12)15/h4-7H,3,8-10H2,1-2H3,(H,16,19)(H,17,20). The highest BCUT2D eigenvalue weighted by atomic mass is 19.1. The van der Waals surface area contributed by atoms with Gasteiger partial charge in [-0.3, -0.25) is 14.5 Å². The van der Waals surface area contributed by atoms with Crippen LogP contribution in [0.15, 0.2) is 24.3 Å². The minimum atomic E-state index is -0.482. The lowest BCUT2D eigenvalue weighted by Gasteiger charge is -2.16. The lowest BCUT2D eigenvalue weighted by atomic mass is 10.3. The third-order valence-corrected chi connectivity index (χ3v) is 2.55. The Hall–Kier alpha value is -1.95. The van der Waals surface area contributed by atoms with E-state index in [0.29, 0.717) is 6.54 Å². The average Bonchev–Trinajstić information content (AvgIpc) is 2.38. The van der Waals surface area contributed by atoms with Crippen molar-refractivity contribution < 1.29 is 14.0 Å². The Morgan fingerprint density at radius 1 is 1.20 bits per heavy atom. The predicted octanol–water partition coefficient (Wildman–Crippen LogP) is 1.22. The second kappa shape index (κ2) is 8.27. The van der Waals surface area contributed by atoms with Crippen LogP contribution in [0.4, 0.5) is 10.1 Å². The zero-order valence-corrected chi connectivity index (χ0v) is 11.8. The molecule has 0 heterocycles. The van der Waals surface area contributed by atoms with Crippen molar-refractivity contribution in [3.05, 3.63) is 30.1 Å². The summed E-state index contributed by atoms with van der Waals surface area (Å²) in [6.07, 6.45) is 0.864. The number of halogens is 1. The summed E-state index contributed by atoms with van der Waals surface area (Å²) >= 11 is 0. The summed E-state index contributed by atoms with van der Waals surface area (Å²) in [4.78, 5) is 24.8. The SMILES string of the molecule is CCCNC(=O)CN(C)CC(=O)Nc1ccccc1F. The molecule has 110 valence electrons. The lowest BCUT2D eigenvalue weighted by Crippen LogP contribution is -2.39. The molecule has 5 nitrogen and oxygen atoms in total. The average molecular weight is 281 g/mol. The van der Waals surface area contributed by atoms with Crippen LogP contribution in [-0.2, 0) is 9.59 Å². The van der Waals surface area contributed by atoms with Gasteiger partial charge in [0.05, 0.1) is 18.8 Å². The molecule has 2 N–H and O–H groups in total. The van der Waals surface area contributed by atoms with Crippen molar-refractivity contribution in [1.29, 1.82) is 0 Å². The summed E-state index contributed by atoms with van der Waals surface area (Å²) in [5.74, 6) is -0.974. The maximum atomic E-state index is 13.3. The van der Waals surface area contributed by atoms with Crippen LogP contribution in [0.25, 0.3) is 0 Å². The lowest BCUT2D eigenvalue weighted by molar-refractivity contribution is -0.122. The molecule has 6 heteroatoms. The van der Waals surface area contributed by atoms with Crippen molar-refractivity contribution in [3.8, 4) is 0 Å². The van der Waals surface area contributed by atoms with Crippen LogP contribution in [0, 0.1) is 5.82 Å². The third kappa shape index (κ3) is 5.79. The first-order valence-corrected chi connectivity index (χ1v) is 6.52. The molecular formula is C14H20FN3O2. The van der Waals surface area contributed by atoms with Gasteiger partial charge in [0.25, 0.3) is 0 Å². The van der Waals surface area contributed by atoms with Gasteiger partial charge in [-0.2, -0.15) is 0 Å². The number of carbonyl (C=O) groups is 2. The van der Waals surface area contributed by atoms with Crippen LogP contribution in [0.3, 0.4) is 0 Å². The van der Waals surface area contributed by atoms with Crippen molar-refractivity contribution in [2.45, 2.75) is 13.3 Å². The number of rotatable bonds is 7. The number of carbonyl (C=O) groups excluding carboxylic acids is 2. The predicted molar refractivity (Wildman–Crippen MR) is 75.8 cm³/mol. The molecule has 0 unspecified atom stereocenters. The highest BCUT2D eigenvalue weighted by Gasteiger charge is 2.11. The van der Waals surface area contributed by atoms with E-state index in [9.17, 15) is 14.0 Å². The molecule has 0 aromatic heterocycles. The molecule has 20 heavy (non-hydrogen) atoms. The molecule has 0 fully saturated rings. The van der Waals surface area contributed by atoms with E-state index in [0.717, 1.165) is 6.42 Å². The molecule has 0 bridgehead atoms. The summed E-state index contributed by atoms with van der Waals surface area (Å²) < 4.78 is 13.3. The molecule has 0 saturated heterocycles. The molecule has 1 rings (SSSR count). The summed E-state index contributed by atoms with van der Waals surface area (Å²) in [7, 11) is 1.66. The first-order valence-electron chi connectivity index (χ1n) is 6.52. The highest BCUT2D eigenvalue weighted by molar-refractivity contribution is 5.92. The van der Waals surface area contributed by atoms with Gasteiger partial charge in [-0.1, -0.05) is 19.1 Å². The molecule has 0 atom stereocenters. The number of hydrogen-bond acceptors (Lipinski definition) is 3. The number of hydrogen-bond donors (Lipinski definition) is 2. The van der Waals surface area contributed by atoms with Gasteiger partial charge in [-0.25, -0.2) is 4.39 Å². The number of para-hydroxylation sites is 1. The normalized spacial score (nSPS) is 10.4. The van der Waals surface area contributed by atoms with Crippen LogP contribution < -0.4 is 10.6 Å². The maximum Gasteiger partial charge on any atom is 0.238 e. The second-order valence-corrected chi connectivity index (χ2v) is 4.55. The monoisotopic (exact) mass is 281 g/mol.